The molecule has 0 saturated carbocycles. The second-order valence-corrected chi connectivity index (χ2v) is 10.2. The highest BCUT2D eigenvalue weighted by Crippen LogP contribution is 2.37. The first-order valence-corrected chi connectivity index (χ1v) is 12.5. The fourth-order valence-corrected chi connectivity index (χ4v) is 4.98. The summed E-state index contributed by atoms with van der Waals surface area (Å²) in [6, 6.07) is 24.4. The van der Waals surface area contributed by atoms with E-state index in [2.05, 4.69) is 41.0 Å². The molecule has 1 saturated heterocycles. The quantitative estimate of drug-likeness (QED) is 0.452. The van der Waals surface area contributed by atoms with Crippen LogP contribution in [0.15, 0.2) is 72.8 Å². The molecule has 0 aromatic heterocycles. The Balaban J connectivity index is 1.56. The second kappa shape index (κ2) is 11.0. The lowest BCUT2D eigenvalue weighted by Gasteiger charge is -2.45. The van der Waals surface area contributed by atoms with Crippen LogP contribution in [0.25, 0.3) is 0 Å². The minimum Gasteiger partial charge on any atom is -0.491 e. The summed E-state index contributed by atoms with van der Waals surface area (Å²) in [6.45, 7) is 8.76. The summed E-state index contributed by atoms with van der Waals surface area (Å²) in [5.41, 5.74) is 3.32. The molecule has 3 atom stereocenters. The van der Waals surface area contributed by atoms with Gasteiger partial charge in [-0.2, -0.15) is 0 Å². The summed E-state index contributed by atoms with van der Waals surface area (Å²) in [5, 5.41) is 21.4. The number of rotatable bonds is 8. The van der Waals surface area contributed by atoms with E-state index in [1.54, 1.807) is 6.92 Å². The lowest BCUT2D eigenvalue weighted by Crippen LogP contribution is -2.52. The molecule has 1 fully saturated rings. The molecule has 0 spiro atoms. The normalized spacial score (nSPS) is 19.3. The van der Waals surface area contributed by atoms with E-state index in [0.29, 0.717) is 17.3 Å². The van der Waals surface area contributed by atoms with Crippen LogP contribution in [0, 0.1) is 6.92 Å². The van der Waals surface area contributed by atoms with Crippen molar-refractivity contribution in [3.63, 3.8) is 0 Å². The molecule has 1 aliphatic heterocycles. The van der Waals surface area contributed by atoms with E-state index in [9.17, 15) is 10.2 Å². The van der Waals surface area contributed by atoms with E-state index in [-0.39, 0.29) is 12.6 Å². The summed E-state index contributed by atoms with van der Waals surface area (Å²) >= 11 is 6.73. The number of piperazine rings is 1. The predicted octanol–water partition coefficient (Wildman–Crippen LogP) is 5.18. The van der Waals surface area contributed by atoms with Gasteiger partial charge < -0.3 is 19.8 Å². The summed E-state index contributed by atoms with van der Waals surface area (Å²) in [7, 11) is 0. The molecule has 3 aromatic rings. The van der Waals surface area contributed by atoms with Crippen molar-refractivity contribution in [1.29, 1.82) is 0 Å². The maximum Gasteiger partial charge on any atom is 0.121 e. The molecule has 35 heavy (non-hydrogen) atoms. The van der Waals surface area contributed by atoms with E-state index in [0.717, 1.165) is 30.9 Å². The number of hydrogen-bond donors (Lipinski definition) is 2. The van der Waals surface area contributed by atoms with E-state index in [1.165, 1.54) is 11.1 Å². The second-order valence-electron chi connectivity index (χ2n) is 9.77. The molecule has 0 unspecified atom stereocenters. The van der Waals surface area contributed by atoms with E-state index in [1.807, 2.05) is 55.5 Å². The van der Waals surface area contributed by atoms with Crippen LogP contribution in [0.1, 0.15) is 36.6 Å². The van der Waals surface area contributed by atoms with Crippen LogP contribution in [0.3, 0.4) is 0 Å². The molecule has 0 radical (unpaired) electrons. The van der Waals surface area contributed by atoms with E-state index in [4.69, 9.17) is 16.3 Å². The Kier molecular flexibility index (Phi) is 8.02. The van der Waals surface area contributed by atoms with Crippen molar-refractivity contribution in [1.82, 2.24) is 4.90 Å². The van der Waals surface area contributed by atoms with Crippen LogP contribution in [-0.2, 0) is 5.60 Å². The van der Waals surface area contributed by atoms with E-state index >= 15 is 0 Å². The first-order chi connectivity index (χ1) is 16.7. The van der Waals surface area contributed by atoms with Crippen LogP contribution in [-0.4, -0.2) is 54.0 Å². The van der Waals surface area contributed by atoms with Crippen LogP contribution >= 0.6 is 11.6 Å². The number of ether oxygens (including phenoxy) is 1. The van der Waals surface area contributed by atoms with E-state index < -0.39 is 11.7 Å². The highest BCUT2D eigenvalue weighted by Gasteiger charge is 2.34. The van der Waals surface area contributed by atoms with Gasteiger partial charge in [-0.15, -0.1) is 0 Å². The first kappa shape index (κ1) is 25.5. The molecule has 3 aromatic carbocycles. The number of halogens is 1. The maximum absolute atomic E-state index is 11.3. The smallest absolute Gasteiger partial charge is 0.121 e. The van der Waals surface area contributed by atoms with Gasteiger partial charge in [-0.25, -0.2) is 0 Å². The third-order valence-electron chi connectivity index (χ3n) is 6.57. The number of nitrogens with zero attached hydrogens (tertiary/aromatic N) is 2. The monoisotopic (exact) mass is 494 g/mol. The van der Waals surface area contributed by atoms with Gasteiger partial charge in [0, 0.05) is 32.2 Å². The Morgan fingerprint density at radius 3 is 2.43 bits per heavy atom. The summed E-state index contributed by atoms with van der Waals surface area (Å²) < 4.78 is 5.63. The Hall–Kier alpha value is -2.57. The molecule has 2 N–H and O–H groups in total. The van der Waals surface area contributed by atoms with Crippen molar-refractivity contribution in [2.45, 2.75) is 38.5 Å². The highest BCUT2D eigenvalue weighted by atomic mass is 35.5. The summed E-state index contributed by atoms with van der Waals surface area (Å²) in [6.07, 6.45) is -0.541. The Morgan fingerprint density at radius 1 is 1.06 bits per heavy atom. The number of benzene rings is 3. The van der Waals surface area contributed by atoms with Crippen molar-refractivity contribution in [2.75, 3.05) is 37.7 Å². The van der Waals surface area contributed by atoms with Gasteiger partial charge in [0.25, 0.3) is 0 Å². The number of hydrogen-bond acceptors (Lipinski definition) is 5. The number of aliphatic hydroxyl groups is 2. The van der Waals surface area contributed by atoms with Crippen molar-refractivity contribution in [3.05, 3.63) is 94.5 Å². The van der Waals surface area contributed by atoms with Gasteiger partial charge >= 0.3 is 0 Å². The zero-order chi connectivity index (χ0) is 25.0. The zero-order valence-corrected chi connectivity index (χ0v) is 21.4. The first-order valence-electron chi connectivity index (χ1n) is 12.2. The van der Waals surface area contributed by atoms with Crippen molar-refractivity contribution in [3.8, 4) is 5.75 Å². The standard InChI is InChI=1S/C29H35ClN2O3/c1-21-9-11-24(12-10-21)29(3,34)20-31-15-16-32(28(18-31)23-7-5-4-6-8-23)27-14-13-25(17-26(27)30)35-19-22(2)33/h4-14,17,22,28,33-34H,15-16,18-20H2,1-3H3/t22-,28-,29+/m0/s1. The number of aliphatic hydroxyl groups excluding tert-OH is 1. The molecule has 6 heteroatoms. The van der Waals surface area contributed by atoms with Gasteiger partial charge in [0.15, 0.2) is 0 Å². The molecular weight excluding hydrogens is 460 g/mol. The molecule has 0 aliphatic carbocycles. The number of β-amino-alcohol motifs (C(OH)–C–C–N with tert-alkyl or cyclic N) is 1. The van der Waals surface area contributed by atoms with Crippen LogP contribution in [0.4, 0.5) is 5.69 Å². The van der Waals surface area contributed by atoms with Gasteiger partial charge in [0.1, 0.15) is 12.4 Å². The average Bonchev–Trinajstić information content (AvgIpc) is 2.83. The Labute approximate surface area is 213 Å². The van der Waals surface area contributed by atoms with Gasteiger partial charge in [-0.1, -0.05) is 71.8 Å². The topological polar surface area (TPSA) is 56.2 Å². The molecule has 1 heterocycles. The third kappa shape index (κ3) is 6.36. The molecule has 5 nitrogen and oxygen atoms in total. The Bertz CT molecular complexity index is 1100. The molecule has 1 aliphatic rings. The molecule has 186 valence electrons. The maximum atomic E-state index is 11.3. The third-order valence-corrected chi connectivity index (χ3v) is 6.88. The highest BCUT2D eigenvalue weighted by molar-refractivity contribution is 6.33. The molecule has 0 bridgehead atoms. The van der Waals surface area contributed by atoms with Crippen LogP contribution in [0.5, 0.6) is 5.75 Å². The minimum absolute atomic E-state index is 0.0838. The van der Waals surface area contributed by atoms with Gasteiger partial charge in [0.05, 0.1) is 28.5 Å². The molecule has 4 rings (SSSR count). The number of aryl methyl sites for hydroxylation is 1. The fraction of sp³-hybridized carbons (Fsp3) is 0.379. The van der Waals surface area contributed by atoms with Crippen molar-refractivity contribution < 1.29 is 14.9 Å². The predicted molar refractivity (Wildman–Crippen MR) is 142 cm³/mol. The lowest BCUT2D eigenvalue weighted by molar-refractivity contribution is 0.0103. The summed E-state index contributed by atoms with van der Waals surface area (Å²) in [5.74, 6) is 0.642. The van der Waals surface area contributed by atoms with Gasteiger partial charge in [-0.05, 0) is 44.0 Å². The molecule has 0 amide bonds. The van der Waals surface area contributed by atoms with Crippen molar-refractivity contribution in [2.24, 2.45) is 0 Å². The van der Waals surface area contributed by atoms with Gasteiger partial charge in [-0.3, -0.25) is 4.90 Å². The number of anilines is 1. The lowest BCUT2D eigenvalue weighted by atomic mass is 9.93. The minimum atomic E-state index is -0.947. The molecular formula is C29H35ClN2O3. The fourth-order valence-electron chi connectivity index (χ4n) is 4.70. The van der Waals surface area contributed by atoms with Gasteiger partial charge in [0.2, 0.25) is 0 Å². The largest absolute Gasteiger partial charge is 0.491 e. The average molecular weight is 495 g/mol. The summed E-state index contributed by atoms with van der Waals surface area (Å²) in [4.78, 5) is 4.68. The zero-order valence-electron chi connectivity index (χ0n) is 20.7. The SMILES string of the molecule is Cc1ccc([C@](C)(O)CN2CCN(c3ccc(OC[C@H](C)O)cc3Cl)[C@H](c3ccccc3)C2)cc1. The van der Waals surface area contributed by atoms with Crippen molar-refractivity contribution >= 4 is 17.3 Å². The van der Waals surface area contributed by atoms with Crippen LogP contribution in [0.2, 0.25) is 5.02 Å². The Morgan fingerprint density at radius 2 is 1.77 bits per heavy atom. The van der Waals surface area contributed by atoms with Crippen LogP contribution < -0.4 is 9.64 Å².